The van der Waals surface area contributed by atoms with Crippen LogP contribution in [0.2, 0.25) is 0 Å². The van der Waals surface area contributed by atoms with Gasteiger partial charge in [-0.2, -0.15) is 0 Å². The van der Waals surface area contributed by atoms with E-state index in [9.17, 15) is 9.18 Å². The predicted octanol–water partition coefficient (Wildman–Crippen LogP) is 1.26. The Kier molecular flexibility index (Phi) is 3.19. The van der Waals surface area contributed by atoms with E-state index in [1.165, 1.54) is 24.3 Å². The van der Waals surface area contributed by atoms with Crippen LogP contribution in [0.5, 0.6) is 0 Å². The van der Waals surface area contributed by atoms with Crippen LogP contribution in [0, 0.1) is 5.82 Å². The second-order valence-electron chi connectivity index (χ2n) is 4.03. The number of carbonyl (C=O) groups excluding carboxylic acids is 1. The predicted molar refractivity (Wildman–Crippen MR) is 59.8 cm³/mol. The highest BCUT2D eigenvalue weighted by Crippen LogP contribution is 2.13. The second-order valence-corrected chi connectivity index (χ2v) is 4.03. The molecule has 1 aromatic carbocycles. The van der Waals surface area contributed by atoms with E-state index in [-0.39, 0.29) is 11.7 Å². The summed E-state index contributed by atoms with van der Waals surface area (Å²) in [5, 5.41) is 3.16. The highest BCUT2D eigenvalue weighted by atomic mass is 19.1. The largest absolute Gasteiger partial charge is 0.337 e. The summed E-state index contributed by atoms with van der Waals surface area (Å²) in [6.07, 6.45) is 0.976. The summed E-state index contributed by atoms with van der Waals surface area (Å²) in [6.45, 7) is 1.49. The molecular weight excluding hydrogens is 207 g/mol. The van der Waals surface area contributed by atoms with E-state index < -0.39 is 0 Å². The van der Waals surface area contributed by atoms with Crippen molar-refractivity contribution in [3.63, 3.8) is 0 Å². The summed E-state index contributed by atoms with van der Waals surface area (Å²) in [4.78, 5) is 13.8. The van der Waals surface area contributed by atoms with Gasteiger partial charge in [0.25, 0.3) is 5.91 Å². The van der Waals surface area contributed by atoms with Crippen LogP contribution in [0.4, 0.5) is 4.39 Å². The van der Waals surface area contributed by atoms with Gasteiger partial charge in [0.05, 0.1) is 0 Å². The summed E-state index contributed by atoms with van der Waals surface area (Å²) in [7, 11) is 1.90. The lowest BCUT2D eigenvalue weighted by molar-refractivity contribution is 0.0789. The van der Waals surface area contributed by atoms with Crippen LogP contribution >= 0.6 is 0 Å². The molecule has 0 bridgehead atoms. The average molecular weight is 222 g/mol. The van der Waals surface area contributed by atoms with Crippen molar-refractivity contribution in [3.05, 3.63) is 35.6 Å². The Morgan fingerprint density at radius 2 is 2.12 bits per heavy atom. The Morgan fingerprint density at radius 1 is 1.44 bits per heavy atom. The van der Waals surface area contributed by atoms with E-state index in [0.29, 0.717) is 11.6 Å². The maximum absolute atomic E-state index is 12.7. The minimum Gasteiger partial charge on any atom is -0.337 e. The first kappa shape index (κ1) is 11.1. The maximum atomic E-state index is 12.7. The second kappa shape index (κ2) is 4.61. The number of nitrogens with zero attached hydrogens (tertiary/aromatic N) is 1. The Hall–Kier alpha value is -1.42. The zero-order chi connectivity index (χ0) is 11.5. The lowest BCUT2D eigenvalue weighted by atomic mass is 10.2. The number of carbonyl (C=O) groups is 1. The Balaban J connectivity index is 2.05. The van der Waals surface area contributed by atoms with Gasteiger partial charge in [-0.05, 0) is 37.7 Å². The zero-order valence-electron chi connectivity index (χ0n) is 9.24. The molecule has 4 heteroatoms. The fraction of sp³-hybridized carbons (Fsp3) is 0.417. The van der Waals surface area contributed by atoms with Gasteiger partial charge in [0.2, 0.25) is 0 Å². The highest BCUT2D eigenvalue weighted by Gasteiger charge is 2.25. The molecular formula is C12H15FN2O. The number of nitrogens with one attached hydrogen (secondary N) is 1. The molecule has 1 heterocycles. The molecule has 0 aliphatic carbocycles. The molecule has 0 saturated carbocycles. The number of hydrogen-bond acceptors (Lipinski definition) is 2. The van der Waals surface area contributed by atoms with E-state index in [4.69, 9.17) is 0 Å². The van der Waals surface area contributed by atoms with E-state index >= 15 is 0 Å². The first-order valence-corrected chi connectivity index (χ1v) is 5.43. The van der Waals surface area contributed by atoms with E-state index in [1.807, 2.05) is 7.05 Å². The number of benzene rings is 1. The van der Waals surface area contributed by atoms with Gasteiger partial charge in [-0.1, -0.05) is 0 Å². The van der Waals surface area contributed by atoms with Crippen molar-refractivity contribution < 1.29 is 9.18 Å². The van der Waals surface area contributed by atoms with Gasteiger partial charge in [0, 0.05) is 24.7 Å². The molecule has 1 amide bonds. The molecule has 1 unspecified atom stereocenters. The lowest BCUT2D eigenvalue weighted by Crippen LogP contribution is -2.33. The monoisotopic (exact) mass is 222 g/mol. The smallest absolute Gasteiger partial charge is 0.253 e. The average Bonchev–Trinajstić information content (AvgIpc) is 2.77. The van der Waals surface area contributed by atoms with Crippen molar-refractivity contribution in [2.75, 3.05) is 20.1 Å². The molecule has 3 nitrogen and oxygen atoms in total. The van der Waals surface area contributed by atoms with Gasteiger partial charge in [0.15, 0.2) is 0 Å². The van der Waals surface area contributed by atoms with Crippen molar-refractivity contribution >= 4 is 5.91 Å². The quantitative estimate of drug-likeness (QED) is 0.817. The molecule has 1 N–H and O–H groups in total. The number of rotatable bonds is 2. The highest BCUT2D eigenvalue weighted by molar-refractivity contribution is 5.94. The number of amides is 1. The van der Waals surface area contributed by atoms with Crippen LogP contribution in [0.3, 0.4) is 0 Å². The SMILES string of the molecule is CNC1CCN(C(=O)c2ccc(F)cc2)C1. The molecule has 0 radical (unpaired) electrons. The first-order chi connectivity index (χ1) is 7.70. The number of hydrogen-bond donors (Lipinski definition) is 1. The molecule has 1 fully saturated rings. The molecule has 2 rings (SSSR count). The third kappa shape index (κ3) is 2.22. The summed E-state index contributed by atoms with van der Waals surface area (Å²) in [5.74, 6) is -0.330. The molecule has 0 spiro atoms. The van der Waals surface area contributed by atoms with Crippen LogP contribution in [-0.4, -0.2) is 37.0 Å². The molecule has 16 heavy (non-hydrogen) atoms. The van der Waals surface area contributed by atoms with Crippen molar-refractivity contribution in [1.29, 1.82) is 0 Å². The number of likely N-dealkylation sites (N-methyl/N-ethyl adjacent to an activating group) is 1. The van der Waals surface area contributed by atoms with Crippen molar-refractivity contribution in [2.45, 2.75) is 12.5 Å². The van der Waals surface area contributed by atoms with Crippen LogP contribution in [0.1, 0.15) is 16.8 Å². The molecule has 1 aromatic rings. The Labute approximate surface area is 94.3 Å². The standard InChI is InChI=1S/C12H15FN2O/c1-14-11-6-7-15(8-11)12(16)9-2-4-10(13)5-3-9/h2-5,11,14H,6-8H2,1H3. The van der Waals surface area contributed by atoms with Gasteiger partial charge in [0.1, 0.15) is 5.82 Å². The molecule has 1 saturated heterocycles. The fourth-order valence-electron chi connectivity index (χ4n) is 1.96. The first-order valence-electron chi connectivity index (χ1n) is 5.43. The third-order valence-electron chi connectivity index (χ3n) is 2.97. The van der Waals surface area contributed by atoms with Gasteiger partial charge in [-0.25, -0.2) is 4.39 Å². The number of likely N-dealkylation sites (tertiary alicyclic amines) is 1. The third-order valence-corrected chi connectivity index (χ3v) is 2.97. The molecule has 1 atom stereocenters. The fourth-order valence-corrected chi connectivity index (χ4v) is 1.96. The molecule has 1 aliphatic rings. The summed E-state index contributed by atoms with van der Waals surface area (Å²) < 4.78 is 12.7. The minimum atomic E-state index is -0.314. The van der Waals surface area contributed by atoms with Crippen LogP contribution < -0.4 is 5.32 Å². The van der Waals surface area contributed by atoms with Crippen molar-refractivity contribution in [2.24, 2.45) is 0 Å². The summed E-state index contributed by atoms with van der Waals surface area (Å²) in [5.41, 5.74) is 0.554. The summed E-state index contributed by atoms with van der Waals surface area (Å²) >= 11 is 0. The van der Waals surface area contributed by atoms with E-state index in [1.54, 1.807) is 4.90 Å². The van der Waals surface area contributed by atoms with E-state index in [0.717, 1.165) is 19.5 Å². The molecule has 86 valence electrons. The zero-order valence-corrected chi connectivity index (χ0v) is 9.24. The number of halogens is 1. The Bertz CT molecular complexity index is 377. The summed E-state index contributed by atoms with van der Waals surface area (Å²) in [6, 6.07) is 6.08. The van der Waals surface area contributed by atoms with Crippen molar-refractivity contribution in [1.82, 2.24) is 10.2 Å². The van der Waals surface area contributed by atoms with Gasteiger partial charge in [-0.3, -0.25) is 4.79 Å². The maximum Gasteiger partial charge on any atom is 0.253 e. The van der Waals surface area contributed by atoms with Crippen LogP contribution in [0.25, 0.3) is 0 Å². The normalized spacial score (nSPS) is 20.1. The van der Waals surface area contributed by atoms with Crippen molar-refractivity contribution in [3.8, 4) is 0 Å². The lowest BCUT2D eigenvalue weighted by Gasteiger charge is -2.16. The van der Waals surface area contributed by atoms with E-state index in [2.05, 4.69) is 5.32 Å². The Morgan fingerprint density at radius 3 is 2.69 bits per heavy atom. The molecule has 1 aliphatic heterocycles. The minimum absolute atomic E-state index is 0.0160. The topological polar surface area (TPSA) is 32.3 Å². The van der Waals surface area contributed by atoms with Gasteiger partial charge < -0.3 is 10.2 Å². The molecule has 0 aromatic heterocycles. The van der Waals surface area contributed by atoms with Gasteiger partial charge in [-0.15, -0.1) is 0 Å². The van der Waals surface area contributed by atoms with Crippen LogP contribution in [0.15, 0.2) is 24.3 Å². The van der Waals surface area contributed by atoms with Crippen LogP contribution in [-0.2, 0) is 0 Å². The van der Waals surface area contributed by atoms with Gasteiger partial charge >= 0.3 is 0 Å².